The Labute approximate surface area is 79.3 Å². The Morgan fingerprint density at radius 1 is 0.733 bits per heavy atom. The number of halogens is 7. The highest BCUT2D eigenvalue weighted by atomic mass is 19.4. The Morgan fingerprint density at radius 2 is 1.20 bits per heavy atom. The second-order valence-electron chi connectivity index (χ2n) is 2.75. The van der Waals surface area contributed by atoms with Gasteiger partial charge in [-0.05, 0) is 6.92 Å². The average Bonchev–Trinajstić information content (AvgIpc) is 2.09. The van der Waals surface area contributed by atoms with Gasteiger partial charge in [0, 0.05) is 5.56 Å². The van der Waals surface area contributed by atoms with E-state index in [1.807, 2.05) is 0 Å². The number of benzene rings is 1. The molecule has 0 aliphatic carbocycles. The zero-order chi connectivity index (χ0) is 12.0. The summed E-state index contributed by atoms with van der Waals surface area (Å²) in [6.07, 6.45) is -5.41. The molecule has 0 amide bonds. The van der Waals surface area contributed by atoms with Crippen LogP contribution in [0.2, 0.25) is 0 Å². The molecule has 15 heavy (non-hydrogen) atoms. The quantitative estimate of drug-likeness (QED) is 0.364. The Hall–Kier alpha value is -1.27. The summed E-state index contributed by atoms with van der Waals surface area (Å²) in [5.74, 6) is -9.00. The summed E-state index contributed by atoms with van der Waals surface area (Å²) in [6.45, 7) is 0.586. The lowest BCUT2D eigenvalue weighted by molar-refractivity contribution is -0.143. The molecule has 0 bridgehead atoms. The van der Waals surface area contributed by atoms with Crippen LogP contribution in [-0.4, -0.2) is 0 Å². The third-order valence-corrected chi connectivity index (χ3v) is 1.77. The molecule has 0 saturated heterocycles. The first-order chi connectivity index (χ1) is 6.68. The van der Waals surface area contributed by atoms with Gasteiger partial charge in [-0.3, -0.25) is 0 Å². The zero-order valence-electron chi connectivity index (χ0n) is 7.15. The third-order valence-electron chi connectivity index (χ3n) is 1.77. The van der Waals surface area contributed by atoms with Crippen LogP contribution in [0.3, 0.4) is 0 Å². The Morgan fingerprint density at radius 3 is 1.60 bits per heavy atom. The number of hydrogen-bond acceptors (Lipinski definition) is 0. The van der Waals surface area contributed by atoms with Crippen LogP contribution in [0.25, 0.3) is 0 Å². The summed E-state index contributed by atoms with van der Waals surface area (Å²) < 4.78 is 86.7. The topological polar surface area (TPSA) is 0 Å². The van der Waals surface area contributed by atoms with Crippen molar-refractivity contribution in [3.05, 3.63) is 34.4 Å². The van der Waals surface area contributed by atoms with Crippen molar-refractivity contribution in [3.63, 3.8) is 0 Å². The van der Waals surface area contributed by atoms with Crippen molar-refractivity contribution < 1.29 is 30.7 Å². The molecular formula is C8H3F7. The van der Waals surface area contributed by atoms with Crippen LogP contribution < -0.4 is 0 Å². The molecule has 0 unspecified atom stereocenters. The van der Waals surface area contributed by atoms with Gasteiger partial charge in [0.25, 0.3) is 0 Å². The van der Waals surface area contributed by atoms with Gasteiger partial charge in [0.05, 0.1) is 0 Å². The third kappa shape index (κ3) is 1.78. The van der Waals surface area contributed by atoms with E-state index in [1.54, 1.807) is 0 Å². The van der Waals surface area contributed by atoms with Gasteiger partial charge in [-0.15, -0.1) is 0 Å². The highest BCUT2D eigenvalue weighted by molar-refractivity contribution is 5.31. The molecule has 1 rings (SSSR count). The van der Waals surface area contributed by atoms with Crippen LogP contribution in [0, 0.1) is 30.2 Å². The zero-order valence-corrected chi connectivity index (χ0v) is 7.15. The Bertz CT molecular complexity index is 375. The summed E-state index contributed by atoms with van der Waals surface area (Å²) >= 11 is 0. The van der Waals surface area contributed by atoms with E-state index >= 15 is 0 Å². The summed E-state index contributed by atoms with van der Waals surface area (Å²) in [5.41, 5.74) is -3.62. The molecule has 0 aromatic heterocycles. The lowest BCUT2D eigenvalue weighted by Gasteiger charge is -2.12. The summed E-state index contributed by atoms with van der Waals surface area (Å²) in [6, 6.07) is 0. The largest absolute Gasteiger partial charge is 0.422 e. The number of alkyl halides is 3. The van der Waals surface area contributed by atoms with E-state index in [0.717, 1.165) is 0 Å². The number of hydrogen-bond donors (Lipinski definition) is 0. The first kappa shape index (κ1) is 11.8. The minimum absolute atomic E-state index is 0.586. The predicted octanol–water partition coefficient (Wildman–Crippen LogP) is 3.57. The fraction of sp³-hybridized carbons (Fsp3) is 0.250. The van der Waals surface area contributed by atoms with Crippen molar-refractivity contribution in [2.45, 2.75) is 13.1 Å². The molecule has 0 atom stereocenters. The normalized spacial score (nSPS) is 12.0. The van der Waals surface area contributed by atoms with Gasteiger partial charge in [0.2, 0.25) is 0 Å². The Balaban J connectivity index is 3.68. The molecule has 0 saturated carbocycles. The minimum Gasteiger partial charge on any atom is -0.206 e. The molecule has 0 fully saturated rings. The van der Waals surface area contributed by atoms with Crippen molar-refractivity contribution in [2.75, 3.05) is 0 Å². The summed E-state index contributed by atoms with van der Waals surface area (Å²) in [4.78, 5) is 0. The lowest BCUT2D eigenvalue weighted by atomic mass is 10.1. The van der Waals surface area contributed by atoms with Gasteiger partial charge >= 0.3 is 6.18 Å². The molecule has 0 radical (unpaired) electrons. The molecule has 0 heterocycles. The lowest BCUT2D eigenvalue weighted by Crippen LogP contribution is -2.15. The highest BCUT2D eigenvalue weighted by Crippen LogP contribution is 2.36. The van der Waals surface area contributed by atoms with E-state index < -0.39 is 40.6 Å². The maximum absolute atomic E-state index is 12.8. The van der Waals surface area contributed by atoms with Crippen LogP contribution in [0.1, 0.15) is 11.1 Å². The average molecular weight is 232 g/mol. The highest BCUT2D eigenvalue weighted by Gasteiger charge is 2.41. The van der Waals surface area contributed by atoms with Gasteiger partial charge in [-0.25, -0.2) is 17.6 Å². The first-order valence-corrected chi connectivity index (χ1v) is 3.57. The van der Waals surface area contributed by atoms with Crippen molar-refractivity contribution in [1.29, 1.82) is 0 Å². The molecule has 1 aromatic carbocycles. The molecule has 0 aliphatic rings. The van der Waals surface area contributed by atoms with E-state index in [-0.39, 0.29) is 0 Å². The van der Waals surface area contributed by atoms with Crippen LogP contribution in [0.15, 0.2) is 0 Å². The van der Waals surface area contributed by atoms with Gasteiger partial charge in [-0.1, -0.05) is 0 Å². The fourth-order valence-electron chi connectivity index (χ4n) is 1.000. The smallest absolute Gasteiger partial charge is 0.206 e. The van der Waals surface area contributed by atoms with E-state index in [2.05, 4.69) is 0 Å². The van der Waals surface area contributed by atoms with E-state index in [0.29, 0.717) is 6.92 Å². The van der Waals surface area contributed by atoms with Crippen LogP contribution >= 0.6 is 0 Å². The molecule has 0 aliphatic heterocycles. The molecular weight excluding hydrogens is 229 g/mol. The maximum atomic E-state index is 12.8. The second-order valence-corrected chi connectivity index (χ2v) is 2.75. The molecule has 0 N–H and O–H groups in total. The standard InChI is InChI=1S/C8H3F7/c1-2-4(9)3(8(13,14)15)6(11)7(12)5(2)10/h1H3. The number of rotatable bonds is 0. The Kier molecular flexibility index (Phi) is 2.67. The van der Waals surface area contributed by atoms with Gasteiger partial charge in [0.15, 0.2) is 17.5 Å². The molecule has 84 valence electrons. The first-order valence-electron chi connectivity index (χ1n) is 3.57. The van der Waals surface area contributed by atoms with Crippen molar-refractivity contribution in [3.8, 4) is 0 Å². The van der Waals surface area contributed by atoms with E-state index in [4.69, 9.17) is 0 Å². The van der Waals surface area contributed by atoms with Crippen LogP contribution in [-0.2, 0) is 6.18 Å². The molecule has 0 spiro atoms. The molecule has 7 heteroatoms. The van der Waals surface area contributed by atoms with Crippen molar-refractivity contribution >= 4 is 0 Å². The van der Waals surface area contributed by atoms with Crippen molar-refractivity contribution in [2.24, 2.45) is 0 Å². The van der Waals surface area contributed by atoms with Crippen molar-refractivity contribution in [1.82, 2.24) is 0 Å². The van der Waals surface area contributed by atoms with Gasteiger partial charge < -0.3 is 0 Å². The SMILES string of the molecule is Cc1c(F)c(F)c(F)c(C(F)(F)F)c1F. The van der Waals surface area contributed by atoms with E-state index in [9.17, 15) is 30.7 Å². The predicted molar refractivity (Wildman–Crippen MR) is 36.0 cm³/mol. The maximum Gasteiger partial charge on any atom is 0.422 e. The molecule has 0 nitrogen and oxygen atoms in total. The molecule has 1 aromatic rings. The van der Waals surface area contributed by atoms with Crippen LogP contribution in [0.4, 0.5) is 30.7 Å². The van der Waals surface area contributed by atoms with E-state index in [1.165, 1.54) is 0 Å². The van der Waals surface area contributed by atoms with Crippen LogP contribution in [0.5, 0.6) is 0 Å². The second kappa shape index (κ2) is 3.39. The fourth-order valence-corrected chi connectivity index (χ4v) is 1.000. The van der Waals surface area contributed by atoms with Gasteiger partial charge in [0.1, 0.15) is 11.4 Å². The minimum atomic E-state index is -5.41. The summed E-state index contributed by atoms with van der Waals surface area (Å²) in [5, 5.41) is 0. The van der Waals surface area contributed by atoms with Gasteiger partial charge in [-0.2, -0.15) is 13.2 Å². The summed E-state index contributed by atoms with van der Waals surface area (Å²) in [7, 11) is 0. The monoisotopic (exact) mass is 232 g/mol.